The van der Waals surface area contributed by atoms with Gasteiger partial charge in [0.25, 0.3) is 0 Å². The Balaban J connectivity index is 2.30. The lowest BCUT2D eigenvalue weighted by molar-refractivity contribution is -0.139. The number of hydrogen-bond donors (Lipinski definition) is 1. The lowest BCUT2D eigenvalue weighted by Gasteiger charge is -2.38. The monoisotopic (exact) mass is 287 g/mol. The number of alkyl halides is 3. The first-order valence-electron chi connectivity index (χ1n) is 6.38. The number of rotatable bonds is 2. The summed E-state index contributed by atoms with van der Waals surface area (Å²) in [7, 11) is 1.62. The third kappa shape index (κ3) is 2.80. The molecule has 1 heterocycles. The summed E-state index contributed by atoms with van der Waals surface area (Å²) in [4.78, 5) is 13.2. The first-order chi connectivity index (χ1) is 9.34. The zero-order chi connectivity index (χ0) is 14.9. The lowest BCUT2D eigenvalue weighted by atomic mass is 9.85. The number of aliphatic hydroxyl groups excluding tert-OH is 1. The Kier molecular flexibility index (Phi) is 4.04. The third-order valence-electron chi connectivity index (χ3n) is 3.80. The van der Waals surface area contributed by atoms with E-state index in [0.29, 0.717) is 18.4 Å². The molecule has 2 rings (SSSR count). The van der Waals surface area contributed by atoms with E-state index in [4.69, 9.17) is 0 Å². The Bertz CT molecular complexity index is 484. The van der Waals surface area contributed by atoms with Gasteiger partial charge >= 0.3 is 6.18 Å². The Labute approximate surface area is 115 Å². The molecule has 20 heavy (non-hydrogen) atoms. The largest absolute Gasteiger partial charge is 0.416 e. The van der Waals surface area contributed by atoms with Gasteiger partial charge in [0.1, 0.15) is 0 Å². The van der Waals surface area contributed by atoms with E-state index in [-0.39, 0.29) is 24.5 Å². The summed E-state index contributed by atoms with van der Waals surface area (Å²) in [6.07, 6.45) is -3.46. The van der Waals surface area contributed by atoms with E-state index < -0.39 is 11.7 Å². The van der Waals surface area contributed by atoms with Crippen molar-refractivity contribution in [2.75, 3.05) is 13.7 Å². The molecule has 110 valence electrons. The van der Waals surface area contributed by atoms with Crippen LogP contribution in [0.25, 0.3) is 0 Å². The second-order valence-electron chi connectivity index (χ2n) is 5.05. The quantitative estimate of drug-likeness (QED) is 0.908. The van der Waals surface area contributed by atoms with Gasteiger partial charge in [-0.1, -0.05) is 12.1 Å². The number of benzene rings is 1. The van der Waals surface area contributed by atoms with Crippen molar-refractivity contribution in [2.24, 2.45) is 5.92 Å². The predicted octanol–water partition coefficient (Wildman–Crippen LogP) is 2.61. The van der Waals surface area contributed by atoms with Crippen molar-refractivity contribution >= 4 is 5.91 Å². The molecular formula is C14H16F3NO2. The topological polar surface area (TPSA) is 40.5 Å². The highest BCUT2D eigenvalue weighted by Crippen LogP contribution is 2.37. The molecule has 1 saturated heterocycles. The smallest absolute Gasteiger partial charge is 0.396 e. The van der Waals surface area contributed by atoms with Gasteiger partial charge < -0.3 is 10.0 Å². The normalized spacial score (nSPS) is 24.1. The van der Waals surface area contributed by atoms with Crippen LogP contribution in [0.3, 0.4) is 0 Å². The van der Waals surface area contributed by atoms with Crippen molar-refractivity contribution in [2.45, 2.75) is 25.1 Å². The van der Waals surface area contributed by atoms with Crippen molar-refractivity contribution in [3.05, 3.63) is 35.4 Å². The third-order valence-corrected chi connectivity index (χ3v) is 3.80. The van der Waals surface area contributed by atoms with Gasteiger partial charge in [-0.3, -0.25) is 4.79 Å². The van der Waals surface area contributed by atoms with Gasteiger partial charge in [-0.25, -0.2) is 0 Å². The molecule has 3 nitrogen and oxygen atoms in total. The van der Waals surface area contributed by atoms with Crippen LogP contribution in [0, 0.1) is 5.92 Å². The molecule has 0 aliphatic carbocycles. The molecule has 1 aromatic carbocycles. The number of hydrogen-bond acceptors (Lipinski definition) is 2. The maximum atomic E-state index is 12.5. The number of aliphatic hydroxyl groups is 1. The van der Waals surface area contributed by atoms with E-state index in [1.54, 1.807) is 7.05 Å². The highest BCUT2D eigenvalue weighted by atomic mass is 19.4. The fraction of sp³-hybridized carbons (Fsp3) is 0.500. The van der Waals surface area contributed by atoms with Gasteiger partial charge in [0.2, 0.25) is 5.91 Å². The summed E-state index contributed by atoms with van der Waals surface area (Å²) in [5.74, 6) is -0.200. The van der Waals surface area contributed by atoms with E-state index in [1.807, 2.05) is 0 Å². The molecule has 2 atom stereocenters. The molecule has 0 radical (unpaired) electrons. The van der Waals surface area contributed by atoms with Gasteiger partial charge in [-0.2, -0.15) is 13.2 Å². The minimum absolute atomic E-state index is 0.0559. The predicted molar refractivity (Wildman–Crippen MR) is 66.8 cm³/mol. The molecule has 0 saturated carbocycles. The second kappa shape index (κ2) is 5.44. The highest BCUT2D eigenvalue weighted by molar-refractivity contribution is 5.77. The van der Waals surface area contributed by atoms with E-state index in [1.165, 1.54) is 17.0 Å². The van der Waals surface area contributed by atoms with Gasteiger partial charge in [-0.15, -0.1) is 0 Å². The number of piperidine rings is 1. The fourth-order valence-electron chi connectivity index (χ4n) is 2.67. The Morgan fingerprint density at radius 2 is 1.90 bits per heavy atom. The fourth-order valence-corrected chi connectivity index (χ4v) is 2.67. The van der Waals surface area contributed by atoms with Crippen molar-refractivity contribution in [1.29, 1.82) is 0 Å². The summed E-state index contributed by atoms with van der Waals surface area (Å²) < 4.78 is 37.6. The number of nitrogens with zero attached hydrogens (tertiary/aromatic N) is 1. The summed E-state index contributed by atoms with van der Waals surface area (Å²) in [5, 5.41) is 9.39. The first-order valence-corrected chi connectivity index (χ1v) is 6.38. The standard InChI is InChI=1S/C14H16F3NO2/c1-18-12(20)7-4-10(8-19)13(18)9-2-5-11(6-3-9)14(15,16)17/h2-3,5-6,10,13,19H,4,7-8H2,1H3/t10-,13-/m0/s1. The van der Waals surface area contributed by atoms with Crippen LogP contribution in [0.2, 0.25) is 0 Å². The molecule has 1 N–H and O–H groups in total. The van der Waals surface area contributed by atoms with Crippen molar-refractivity contribution < 1.29 is 23.1 Å². The van der Waals surface area contributed by atoms with Crippen LogP contribution in [0.1, 0.15) is 30.0 Å². The van der Waals surface area contributed by atoms with E-state index in [2.05, 4.69) is 0 Å². The second-order valence-corrected chi connectivity index (χ2v) is 5.05. The van der Waals surface area contributed by atoms with Crippen LogP contribution in [0.4, 0.5) is 13.2 Å². The van der Waals surface area contributed by atoms with Crippen LogP contribution < -0.4 is 0 Å². The van der Waals surface area contributed by atoms with Crippen LogP contribution >= 0.6 is 0 Å². The SMILES string of the molecule is CN1C(=O)CC[C@@H](CO)[C@@H]1c1ccc(C(F)(F)F)cc1. The molecule has 0 unspecified atom stereocenters. The highest BCUT2D eigenvalue weighted by Gasteiger charge is 2.35. The Morgan fingerprint density at radius 3 is 2.40 bits per heavy atom. The number of amides is 1. The number of carbonyl (C=O) groups is 1. The Morgan fingerprint density at radius 1 is 1.30 bits per heavy atom. The summed E-state index contributed by atoms with van der Waals surface area (Å²) in [6.45, 7) is -0.0939. The molecule has 0 bridgehead atoms. The maximum Gasteiger partial charge on any atom is 0.416 e. The molecule has 0 aromatic heterocycles. The van der Waals surface area contributed by atoms with Crippen LogP contribution in [-0.4, -0.2) is 29.6 Å². The molecule has 1 aromatic rings. The van der Waals surface area contributed by atoms with Crippen LogP contribution in [-0.2, 0) is 11.0 Å². The minimum Gasteiger partial charge on any atom is -0.396 e. The van der Waals surface area contributed by atoms with Gasteiger partial charge in [0.15, 0.2) is 0 Å². The molecule has 0 spiro atoms. The van der Waals surface area contributed by atoms with E-state index >= 15 is 0 Å². The zero-order valence-corrected chi connectivity index (χ0v) is 11.0. The van der Waals surface area contributed by atoms with E-state index in [0.717, 1.165) is 12.1 Å². The van der Waals surface area contributed by atoms with Gasteiger partial charge in [0, 0.05) is 26.0 Å². The number of likely N-dealkylation sites (tertiary alicyclic amines) is 1. The van der Waals surface area contributed by atoms with Crippen molar-refractivity contribution in [3.8, 4) is 0 Å². The summed E-state index contributed by atoms with van der Waals surface area (Å²) >= 11 is 0. The van der Waals surface area contributed by atoms with Crippen LogP contribution in [0.15, 0.2) is 24.3 Å². The van der Waals surface area contributed by atoms with Crippen molar-refractivity contribution in [3.63, 3.8) is 0 Å². The molecule has 1 aliphatic heterocycles. The number of carbonyl (C=O) groups excluding carboxylic acids is 1. The molecular weight excluding hydrogens is 271 g/mol. The van der Waals surface area contributed by atoms with Crippen LogP contribution in [0.5, 0.6) is 0 Å². The van der Waals surface area contributed by atoms with Gasteiger partial charge in [-0.05, 0) is 24.1 Å². The average molecular weight is 287 g/mol. The van der Waals surface area contributed by atoms with E-state index in [9.17, 15) is 23.1 Å². The summed E-state index contributed by atoms with van der Waals surface area (Å²) in [6, 6.07) is 4.41. The maximum absolute atomic E-state index is 12.5. The summed E-state index contributed by atoms with van der Waals surface area (Å²) in [5.41, 5.74) is -0.0980. The van der Waals surface area contributed by atoms with Crippen molar-refractivity contribution in [1.82, 2.24) is 4.90 Å². The average Bonchev–Trinajstić information content (AvgIpc) is 2.41. The minimum atomic E-state index is -4.37. The Hall–Kier alpha value is -1.56. The van der Waals surface area contributed by atoms with Gasteiger partial charge in [0.05, 0.1) is 11.6 Å². The molecule has 1 aliphatic rings. The first kappa shape index (κ1) is 14.8. The molecule has 1 fully saturated rings. The molecule has 1 amide bonds. The lowest BCUT2D eigenvalue weighted by Crippen LogP contribution is -2.41. The zero-order valence-electron chi connectivity index (χ0n) is 11.0. The number of halogens is 3. The molecule has 6 heteroatoms.